The van der Waals surface area contributed by atoms with Crippen LogP contribution in [0.4, 0.5) is 0 Å². The molecule has 2 rings (SSSR count). The van der Waals surface area contributed by atoms with Crippen molar-refractivity contribution in [2.75, 3.05) is 26.2 Å². The van der Waals surface area contributed by atoms with Crippen molar-refractivity contribution in [3.63, 3.8) is 0 Å². The molecule has 1 aliphatic heterocycles. The smallest absolute Gasteiger partial charge is 0.0688 e. The fourth-order valence-corrected chi connectivity index (χ4v) is 2.41. The molecule has 70 valence electrons. The van der Waals surface area contributed by atoms with E-state index < -0.39 is 0 Å². The van der Waals surface area contributed by atoms with Crippen LogP contribution in [0.2, 0.25) is 0 Å². The van der Waals surface area contributed by atoms with Crippen LogP contribution in [0, 0.1) is 0 Å². The summed E-state index contributed by atoms with van der Waals surface area (Å²) in [5.41, 5.74) is 6.39. The molecule has 0 spiro atoms. The van der Waals surface area contributed by atoms with E-state index in [1.165, 1.54) is 25.7 Å². The van der Waals surface area contributed by atoms with E-state index >= 15 is 0 Å². The topological polar surface area (TPSA) is 41.3 Å². The summed E-state index contributed by atoms with van der Waals surface area (Å²) in [7, 11) is 0. The lowest BCUT2D eigenvalue weighted by atomic mass is 10.1. The van der Waals surface area contributed by atoms with Gasteiger partial charge in [0.05, 0.1) is 5.66 Å². The maximum absolute atomic E-state index is 6.33. The molecule has 0 bridgehead atoms. The number of piperazine rings is 1. The Balaban J connectivity index is 1.96. The minimum atomic E-state index is 0.0576. The zero-order chi connectivity index (χ0) is 8.44. The Hall–Kier alpha value is -0.120. The van der Waals surface area contributed by atoms with Gasteiger partial charge >= 0.3 is 0 Å². The van der Waals surface area contributed by atoms with Crippen molar-refractivity contribution in [1.82, 2.24) is 10.2 Å². The predicted octanol–water partition coefficient (Wildman–Crippen LogP) is 0.121. The first kappa shape index (κ1) is 8.48. The quantitative estimate of drug-likeness (QED) is 0.586. The molecular weight excluding hydrogens is 150 g/mol. The van der Waals surface area contributed by atoms with Crippen LogP contribution >= 0.6 is 0 Å². The number of hydrogen-bond acceptors (Lipinski definition) is 3. The SMILES string of the molecule is NC1(N2CCNCC2)CCCC1. The van der Waals surface area contributed by atoms with Crippen LogP contribution in [0.5, 0.6) is 0 Å². The molecule has 12 heavy (non-hydrogen) atoms. The van der Waals surface area contributed by atoms with Crippen molar-refractivity contribution in [1.29, 1.82) is 0 Å². The molecule has 3 N–H and O–H groups in total. The number of nitrogens with zero attached hydrogens (tertiary/aromatic N) is 1. The molecular formula is C9H19N3. The molecule has 0 unspecified atom stereocenters. The van der Waals surface area contributed by atoms with Crippen molar-refractivity contribution in [2.45, 2.75) is 31.3 Å². The van der Waals surface area contributed by atoms with E-state index in [1.807, 2.05) is 0 Å². The monoisotopic (exact) mass is 169 g/mol. The van der Waals surface area contributed by atoms with Gasteiger partial charge in [0.15, 0.2) is 0 Å². The highest BCUT2D eigenvalue weighted by Crippen LogP contribution is 2.30. The third kappa shape index (κ3) is 1.49. The van der Waals surface area contributed by atoms with E-state index in [0.29, 0.717) is 0 Å². The number of rotatable bonds is 1. The van der Waals surface area contributed by atoms with Crippen molar-refractivity contribution in [3.05, 3.63) is 0 Å². The van der Waals surface area contributed by atoms with Crippen molar-refractivity contribution in [2.24, 2.45) is 5.73 Å². The third-order valence-electron chi connectivity index (χ3n) is 3.22. The minimum Gasteiger partial charge on any atom is -0.314 e. The van der Waals surface area contributed by atoms with Gasteiger partial charge in [-0.15, -0.1) is 0 Å². The average molecular weight is 169 g/mol. The Morgan fingerprint density at radius 1 is 1.08 bits per heavy atom. The van der Waals surface area contributed by atoms with E-state index in [2.05, 4.69) is 10.2 Å². The summed E-state index contributed by atoms with van der Waals surface area (Å²) in [5, 5.41) is 3.36. The predicted molar refractivity (Wildman–Crippen MR) is 49.8 cm³/mol. The van der Waals surface area contributed by atoms with Crippen LogP contribution in [0.3, 0.4) is 0 Å². The van der Waals surface area contributed by atoms with Gasteiger partial charge in [-0.2, -0.15) is 0 Å². The first-order chi connectivity index (χ1) is 5.81. The molecule has 0 aromatic carbocycles. The molecule has 1 aliphatic carbocycles. The van der Waals surface area contributed by atoms with Gasteiger partial charge in [0.2, 0.25) is 0 Å². The fourth-order valence-electron chi connectivity index (χ4n) is 2.41. The van der Waals surface area contributed by atoms with Gasteiger partial charge in [-0.1, -0.05) is 12.8 Å². The second-order valence-electron chi connectivity index (χ2n) is 4.05. The van der Waals surface area contributed by atoms with E-state index in [0.717, 1.165) is 26.2 Å². The van der Waals surface area contributed by atoms with E-state index in [9.17, 15) is 0 Å². The molecule has 0 amide bonds. The Bertz CT molecular complexity index is 146. The van der Waals surface area contributed by atoms with Crippen LogP contribution in [-0.4, -0.2) is 36.7 Å². The summed E-state index contributed by atoms with van der Waals surface area (Å²) in [6.45, 7) is 4.49. The second-order valence-corrected chi connectivity index (χ2v) is 4.05. The standard InChI is InChI=1S/C9H19N3/c10-9(3-1-2-4-9)12-7-5-11-6-8-12/h11H,1-8,10H2. The van der Waals surface area contributed by atoms with Gasteiger partial charge < -0.3 is 11.1 Å². The molecule has 2 fully saturated rings. The van der Waals surface area contributed by atoms with Crippen LogP contribution in [0.15, 0.2) is 0 Å². The average Bonchev–Trinajstić information content (AvgIpc) is 2.55. The number of nitrogens with two attached hydrogens (primary N) is 1. The molecule has 1 saturated heterocycles. The molecule has 0 aromatic rings. The first-order valence-corrected chi connectivity index (χ1v) is 5.06. The molecule has 2 aliphatic rings. The van der Waals surface area contributed by atoms with Gasteiger partial charge in [-0.3, -0.25) is 4.90 Å². The minimum absolute atomic E-state index is 0.0576. The lowest BCUT2D eigenvalue weighted by molar-refractivity contribution is 0.0832. The van der Waals surface area contributed by atoms with Gasteiger partial charge in [-0.05, 0) is 12.8 Å². The number of nitrogens with one attached hydrogen (secondary N) is 1. The largest absolute Gasteiger partial charge is 0.314 e. The van der Waals surface area contributed by atoms with Crippen molar-refractivity contribution < 1.29 is 0 Å². The zero-order valence-corrected chi connectivity index (χ0v) is 7.68. The maximum atomic E-state index is 6.33. The summed E-state index contributed by atoms with van der Waals surface area (Å²) in [4.78, 5) is 2.47. The van der Waals surface area contributed by atoms with Gasteiger partial charge in [0, 0.05) is 26.2 Å². The van der Waals surface area contributed by atoms with E-state index in [4.69, 9.17) is 5.73 Å². The Kier molecular flexibility index (Phi) is 2.35. The molecule has 1 heterocycles. The summed E-state index contributed by atoms with van der Waals surface area (Å²) in [5.74, 6) is 0. The molecule has 3 nitrogen and oxygen atoms in total. The van der Waals surface area contributed by atoms with Crippen molar-refractivity contribution >= 4 is 0 Å². The Labute approximate surface area is 74.3 Å². The second kappa shape index (κ2) is 3.32. The van der Waals surface area contributed by atoms with E-state index in [1.54, 1.807) is 0 Å². The molecule has 0 aromatic heterocycles. The Morgan fingerprint density at radius 3 is 2.25 bits per heavy atom. The first-order valence-electron chi connectivity index (χ1n) is 5.06. The summed E-state index contributed by atoms with van der Waals surface area (Å²) < 4.78 is 0. The fraction of sp³-hybridized carbons (Fsp3) is 1.00. The highest BCUT2D eigenvalue weighted by molar-refractivity contribution is 4.91. The molecule has 0 radical (unpaired) electrons. The number of hydrogen-bond donors (Lipinski definition) is 2. The zero-order valence-electron chi connectivity index (χ0n) is 7.68. The maximum Gasteiger partial charge on any atom is 0.0688 e. The normalized spacial score (nSPS) is 30.8. The third-order valence-corrected chi connectivity index (χ3v) is 3.22. The van der Waals surface area contributed by atoms with E-state index in [-0.39, 0.29) is 5.66 Å². The van der Waals surface area contributed by atoms with Gasteiger partial charge in [0.1, 0.15) is 0 Å². The van der Waals surface area contributed by atoms with Gasteiger partial charge in [0.25, 0.3) is 0 Å². The molecule has 3 heteroatoms. The van der Waals surface area contributed by atoms with Gasteiger partial charge in [-0.25, -0.2) is 0 Å². The lowest BCUT2D eigenvalue weighted by Crippen LogP contribution is -2.59. The molecule has 1 saturated carbocycles. The highest BCUT2D eigenvalue weighted by Gasteiger charge is 2.35. The van der Waals surface area contributed by atoms with Crippen LogP contribution < -0.4 is 11.1 Å². The molecule has 0 atom stereocenters. The summed E-state index contributed by atoms with van der Waals surface area (Å²) in [6, 6.07) is 0. The van der Waals surface area contributed by atoms with Crippen molar-refractivity contribution in [3.8, 4) is 0 Å². The summed E-state index contributed by atoms with van der Waals surface area (Å²) in [6.07, 6.45) is 5.04. The lowest BCUT2D eigenvalue weighted by Gasteiger charge is -2.40. The van der Waals surface area contributed by atoms with Crippen LogP contribution in [-0.2, 0) is 0 Å². The Morgan fingerprint density at radius 2 is 1.67 bits per heavy atom. The summed E-state index contributed by atoms with van der Waals surface area (Å²) >= 11 is 0. The van der Waals surface area contributed by atoms with Crippen LogP contribution in [0.25, 0.3) is 0 Å². The highest BCUT2D eigenvalue weighted by atomic mass is 15.3. The van der Waals surface area contributed by atoms with Crippen LogP contribution in [0.1, 0.15) is 25.7 Å².